The number of nitrogens with one attached hydrogen (secondary N) is 1. The number of hydrogen-bond acceptors (Lipinski definition) is 1. The van der Waals surface area contributed by atoms with E-state index in [0.29, 0.717) is 5.88 Å². The van der Waals surface area contributed by atoms with Crippen LogP contribution in [0.3, 0.4) is 0 Å². The van der Waals surface area contributed by atoms with Gasteiger partial charge in [0, 0.05) is 29.1 Å². The average Bonchev–Trinajstić information content (AvgIpc) is 2.36. The molecule has 1 nitrogen and oxygen atoms in total. The van der Waals surface area contributed by atoms with Crippen molar-refractivity contribution >= 4 is 23.4 Å². The van der Waals surface area contributed by atoms with Crippen LogP contribution in [0.4, 0.5) is 0 Å². The number of thioether (sulfide) groups is 1. The molecule has 0 fully saturated rings. The minimum atomic E-state index is 0.689. The molecule has 0 amide bonds. The topological polar surface area (TPSA) is 15.8 Å². The minimum absolute atomic E-state index is 0.689. The highest BCUT2D eigenvalue weighted by molar-refractivity contribution is 7.98. The van der Waals surface area contributed by atoms with Gasteiger partial charge in [0.15, 0.2) is 0 Å². The molecule has 1 rings (SSSR count). The zero-order valence-corrected chi connectivity index (χ0v) is 7.43. The largest absolute Gasteiger partial charge is 0.364 e. The highest BCUT2D eigenvalue weighted by Crippen LogP contribution is 2.19. The van der Waals surface area contributed by atoms with Crippen LogP contribution in [0.2, 0.25) is 0 Å². The number of alkyl halides is 1. The van der Waals surface area contributed by atoms with Crippen molar-refractivity contribution in [1.82, 2.24) is 4.98 Å². The molecule has 0 saturated carbocycles. The Morgan fingerprint density at radius 2 is 2.50 bits per heavy atom. The van der Waals surface area contributed by atoms with Gasteiger partial charge in [-0.15, -0.1) is 23.4 Å². The minimum Gasteiger partial charge on any atom is -0.364 e. The molecule has 0 aliphatic rings. The van der Waals surface area contributed by atoms with Crippen LogP contribution < -0.4 is 0 Å². The first-order valence-electron chi connectivity index (χ1n) is 3.14. The van der Waals surface area contributed by atoms with Gasteiger partial charge in [0.05, 0.1) is 0 Å². The Morgan fingerprint density at radius 1 is 1.70 bits per heavy atom. The van der Waals surface area contributed by atoms with Crippen molar-refractivity contribution in [2.45, 2.75) is 11.3 Å². The summed E-state index contributed by atoms with van der Waals surface area (Å²) in [4.78, 5) is 4.46. The number of aromatic amines is 1. The van der Waals surface area contributed by atoms with E-state index in [9.17, 15) is 0 Å². The Morgan fingerprint density at radius 3 is 3.10 bits per heavy atom. The molecule has 10 heavy (non-hydrogen) atoms. The van der Waals surface area contributed by atoms with Gasteiger partial charge in [0.25, 0.3) is 0 Å². The molecule has 0 aliphatic carbocycles. The zero-order chi connectivity index (χ0) is 7.40. The molecule has 1 aromatic rings. The van der Waals surface area contributed by atoms with E-state index in [1.165, 1.54) is 10.6 Å². The van der Waals surface area contributed by atoms with E-state index in [2.05, 4.69) is 17.3 Å². The summed E-state index contributed by atoms with van der Waals surface area (Å²) in [7, 11) is 0. The van der Waals surface area contributed by atoms with Gasteiger partial charge in [-0.1, -0.05) is 0 Å². The quantitative estimate of drug-likeness (QED) is 0.552. The molecule has 3 heteroatoms. The van der Waals surface area contributed by atoms with Crippen molar-refractivity contribution < 1.29 is 0 Å². The molecule has 0 aliphatic heterocycles. The molecular weight excluding hydrogens is 166 g/mol. The third-order valence-corrected chi connectivity index (χ3v) is 2.37. The lowest BCUT2D eigenvalue weighted by Gasteiger charge is -1.95. The van der Waals surface area contributed by atoms with E-state index >= 15 is 0 Å². The molecule has 0 saturated heterocycles. The third kappa shape index (κ3) is 1.70. The summed E-state index contributed by atoms with van der Waals surface area (Å²) in [5.74, 6) is 0.689. The van der Waals surface area contributed by atoms with E-state index in [1.54, 1.807) is 11.8 Å². The first kappa shape index (κ1) is 8.02. The Balaban J connectivity index is 2.70. The van der Waals surface area contributed by atoms with Gasteiger partial charge >= 0.3 is 0 Å². The van der Waals surface area contributed by atoms with Crippen LogP contribution in [-0.4, -0.2) is 17.1 Å². The van der Waals surface area contributed by atoms with Crippen molar-refractivity contribution in [1.29, 1.82) is 0 Å². The number of aromatic nitrogens is 1. The molecule has 0 unspecified atom stereocenters. The maximum absolute atomic E-state index is 5.59. The fraction of sp³-hybridized carbons (Fsp3) is 0.429. The summed E-state index contributed by atoms with van der Waals surface area (Å²) < 4.78 is 0. The summed E-state index contributed by atoms with van der Waals surface area (Å²) in [5, 5.41) is 0. The number of hydrogen-bond donors (Lipinski definition) is 1. The van der Waals surface area contributed by atoms with Crippen molar-refractivity contribution in [2.75, 3.05) is 12.1 Å². The zero-order valence-electron chi connectivity index (χ0n) is 5.86. The maximum atomic E-state index is 5.59. The Bertz CT molecular complexity index is 197. The van der Waals surface area contributed by atoms with Gasteiger partial charge in [0.2, 0.25) is 0 Å². The van der Waals surface area contributed by atoms with E-state index in [-0.39, 0.29) is 0 Å². The van der Waals surface area contributed by atoms with Crippen LogP contribution in [0.15, 0.2) is 17.2 Å². The summed E-state index contributed by atoms with van der Waals surface area (Å²) in [5.41, 5.74) is 1.25. The Hall–Kier alpha value is -0.0800. The van der Waals surface area contributed by atoms with Crippen LogP contribution in [0.5, 0.6) is 0 Å². The van der Waals surface area contributed by atoms with Crippen LogP contribution in [0, 0.1) is 0 Å². The van der Waals surface area contributed by atoms with Crippen LogP contribution >= 0.6 is 23.4 Å². The summed E-state index contributed by atoms with van der Waals surface area (Å²) in [6.07, 6.45) is 4.96. The standard InChI is InChI=1S/C7H10ClNS/c1-10-7-3-5-9-6(7)2-4-8/h3,5,9H,2,4H2,1H3. The first-order valence-corrected chi connectivity index (χ1v) is 4.90. The molecule has 0 spiro atoms. The number of aryl methyl sites for hydroxylation is 1. The van der Waals surface area contributed by atoms with Gasteiger partial charge < -0.3 is 4.98 Å². The highest BCUT2D eigenvalue weighted by atomic mass is 35.5. The van der Waals surface area contributed by atoms with Crippen LogP contribution in [-0.2, 0) is 6.42 Å². The van der Waals surface area contributed by atoms with Crippen molar-refractivity contribution in [3.63, 3.8) is 0 Å². The average molecular weight is 176 g/mol. The number of rotatable bonds is 3. The molecule has 0 aromatic carbocycles. The van der Waals surface area contributed by atoms with Gasteiger partial charge in [-0.2, -0.15) is 0 Å². The molecule has 56 valence electrons. The summed E-state index contributed by atoms with van der Waals surface area (Å²) >= 11 is 7.34. The normalized spacial score (nSPS) is 10.2. The van der Waals surface area contributed by atoms with Gasteiger partial charge in [0.1, 0.15) is 0 Å². The van der Waals surface area contributed by atoms with Crippen LogP contribution in [0.1, 0.15) is 5.69 Å². The van der Waals surface area contributed by atoms with E-state index in [4.69, 9.17) is 11.6 Å². The predicted molar refractivity (Wildman–Crippen MR) is 47.0 cm³/mol. The fourth-order valence-corrected chi connectivity index (χ4v) is 1.67. The lowest BCUT2D eigenvalue weighted by Crippen LogP contribution is -1.86. The lowest BCUT2D eigenvalue weighted by molar-refractivity contribution is 1.03. The van der Waals surface area contributed by atoms with Crippen LogP contribution in [0.25, 0.3) is 0 Å². The molecule has 0 atom stereocenters. The molecule has 0 bridgehead atoms. The third-order valence-electron chi connectivity index (χ3n) is 1.35. The monoisotopic (exact) mass is 175 g/mol. The molecular formula is C7H10ClNS. The molecule has 1 heterocycles. The smallest absolute Gasteiger partial charge is 0.0296 e. The molecule has 1 N–H and O–H groups in total. The second kappa shape index (κ2) is 3.94. The predicted octanol–water partition coefficient (Wildman–Crippen LogP) is 2.52. The summed E-state index contributed by atoms with van der Waals surface area (Å²) in [6.45, 7) is 0. The van der Waals surface area contributed by atoms with E-state index < -0.39 is 0 Å². The lowest BCUT2D eigenvalue weighted by atomic mass is 10.3. The highest BCUT2D eigenvalue weighted by Gasteiger charge is 1.99. The first-order chi connectivity index (χ1) is 4.88. The van der Waals surface area contributed by atoms with E-state index in [1.807, 2.05) is 6.20 Å². The Kier molecular flexibility index (Phi) is 3.16. The number of H-pyrrole nitrogens is 1. The van der Waals surface area contributed by atoms with E-state index in [0.717, 1.165) is 6.42 Å². The molecule has 1 aromatic heterocycles. The van der Waals surface area contributed by atoms with Gasteiger partial charge in [-0.05, 0) is 12.3 Å². The number of halogens is 1. The maximum Gasteiger partial charge on any atom is 0.0296 e. The summed E-state index contributed by atoms with van der Waals surface area (Å²) in [6, 6.07) is 2.08. The van der Waals surface area contributed by atoms with Crippen molar-refractivity contribution in [3.05, 3.63) is 18.0 Å². The van der Waals surface area contributed by atoms with Crippen molar-refractivity contribution in [3.8, 4) is 0 Å². The second-order valence-corrected chi connectivity index (χ2v) is 3.19. The Labute approximate surface area is 70.2 Å². The fourth-order valence-electron chi connectivity index (χ4n) is 0.871. The van der Waals surface area contributed by atoms with Crippen molar-refractivity contribution in [2.24, 2.45) is 0 Å². The van der Waals surface area contributed by atoms with Gasteiger partial charge in [-0.25, -0.2) is 0 Å². The SMILES string of the molecule is CSc1cc[nH]c1CCCl. The second-order valence-electron chi connectivity index (χ2n) is 1.96. The van der Waals surface area contributed by atoms with Gasteiger partial charge in [-0.3, -0.25) is 0 Å². The molecule has 0 radical (unpaired) electrons.